The number of hydrogen-bond donors (Lipinski definition) is 1. The number of carbonyl (C=O) groups is 2. The minimum atomic E-state index is -0.407. The van der Waals surface area contributed by atoms with Gasteiger partial charge in [0.25, 0.3) is 0 Å². The van der Waals surface area contributed by atoms with Crippen LogP contribution in [0.1, 0.15) is 5.56 Å². The molecule has 1 unspecified atom stereocenters. The molecule has 126 valence electrons. The molecular weight excluding hydrogens is 301 g/mol. The lowest BCUT2D eigenvalue weighted by Gasteiger charge is -2.34. The highest BCUT2D eigenvalue weighted by molar-refractivity contribution is 5.79. The number of amides is 2. The first-order valence-corrected chi connectivity index (χ1v) is 7.55. The van der Waals surface area contributed by atoms with E-state index in [1.807, 2.05) is 0 Å². The molecule has 2 amide bonds. The van der Waals surface area contributed by atoms with E-state index in [1.54, 1.807) is 35.0 Å². The molecule has 0 saturated carbocycles. The van der Waals surface area contributed by atoms with E-state index in [9.17, 15) is 14.0 Å². The molecule has 1 atom stereocenters. The summed E-state index contributed by atoms with van der Waals surface area (Å²) in [5.41, 5.74) is 5.55. The maximum Gasteiger partial charge on any atom is 0.231 e. The number of hydrogen-bond acceptors (Lipinski definition) is 4. The highest BCUT2D eigenvalue weighted by Crippen LogP contribution is 2.12. The van der Waals surface area contributed by atoms with Gasteiger partial charge in [-0.3, -0.25) is 14.5 Å². The van der Waals surface area contributed by atoms with E-state index in [0.717, 1.165) is 0 Å². The summed E-state index contributed by atoms with van der Waals surface area (Å²) in [7, 11) is 1.77. The molecule has 0 aromatic heterocycles. The summed E-state index contributed by atoms with van der Waals surface area (Å²) >= 11 is 0. The lowest BCUT2D eigenvalue weighted by Crippen LogP contribution is -2.50. The second-order valence-corrected chi connectivity index (χ2v) is 5.76. The van der Waals surface area contributed by atoms with E-state index in [0.29, 0.717) is 31.8 Å². The molecule has 2 N–H and O–H groups in total. The first kappa shape index (κ1) is 17.4. The smallest absolute Gasteiger partial charge is 0.231 e. The molecule has 0 spiro atoms. The Balaban J connectivity index is 1.89. The van der Waals surface area contributed by atoms with Crippen molar-refractivity contribution in [1.29, 1.82) is 0 Å². The summed E-state index contributed by atoms with van der Waals surface area (Å²) in [6, 6.07) is 6.28. The molecule has 1 aliphatic rings. The Morgan fingerprint density at radius 1 is 1.43 bits per heavy atom. The van der Waals surface area contributed by atoms with Crippen LogP contribution in [0.15, 0.2) is 24.3 Å². The fourth-order valence-corrected chi connectivity index (χ4v) is 2.65. The predicted molar refractivity (Wildman–Crippen MR) is 83.1 cm³/mol. The van der Waals surface area contributed by atoms with Crippen LogP contribution in [0.4, 0.5) is 4.39 Å². The molecule has 1 aromatic rings. The van der Waals surface area contributed by atoms with Crippen molar-refractivity contribution in [3.8, 4) is 0 Å². The van der Waals surface area contributed by atoms with Gasteiger partial charge in [-0.2, -0.15) is 0 Å². The lowest BCUT2D eigenvalue weighted by atomic mass is 10.1. The highest BCUT2D eigenvalue weighted by atomic mass is 19.1. The number of ether oxygens (including phenoxy) is 1. The van der Waals surface area contributed by atoms with Gasteiger partial charge in [-0.05, 0) is 18.7 Å². The second-order valence-electron chi connectivity index (χ2n) is 5.76. The maximum atomic E-state index is 13.6. The zero-order valence-electron chi connectivity index (χ0n) is 13.2. The van der Waals surface area contributed by atoms with Crippen molar-refractivity contribution in [3.05, 3.63) is 35.6 Å². The molecule has 2 rings (SSSR count). The predicted octanol–water partition coefficient (Wildman–Crippen LogP) is 0.0127. The number of benzene rings is 1. The van der Waals surface area contributed by atoms with Crippen LogP contribution >= 0.6 is 0 Å². The average molecular weight is 323 g/mol. The number of rotatable bonds is 6. The summed E-state index contributed by atoms with van der Waals surface area (Å²) < 4.78 is 19.3. The molecule has 1 aliphatic heterocycles. The van der Waals surface area contributed by atoms with Crippen LogP contribution < -0.4 is 5.73 Å². The Morgan fingerprint density at radius 3 is 2.87 bits per heavy atom. The fraction of sp³-hybridized carbons (Fsp3) is 0.500. The standard InChI is InChI=1S/C16H22FN3O3/c1-19(11-15(18)21)9-13-10-20(6-7-23-13)16(22)8-12-4-2-3-5-14(12)17/h2-5,13H,6-11H2,1H3,(H2,18,21). The third-order valence-corrected chi connectivity index (χ3v) is 3.73. The minimum Gasteiger partial charge on any atom is -0.373 e. The van der Waals surface area contributed by atoms with Crippen LogP contribution in [0, 0.1) is 5.82 Å². The Labute approximate surface area is 135 Å². The van der Waals surface area contributed by atoms with E-state index in [4.69, 9.17) is 10.5 Å². The van der Waals surface area contributed by atoms with Gasteiger partial charge < -0.3 is 15.4 Å². The molecule has 1 aromatic carbocycles. The van der Waals surface area contributed by atoms with Crippen molar-refractivity contribution in [3.63, 3.8) is 0 Å². The van der Waals surface area contributed by atoms with Gasteiger partial charge in [-0.25, -0.2) is 4.39 Å². The second kappa shape index (κ2) is 8.03. The average Bonchev–Trinajstić information content (AvgIpc) is 2.49. The first-order chi connectivity index (χ1) is 11.0. The lowest BCUT2D eigenvalue weighted by molar-refractivity contribution is -0.139. The van der Waals surface area contributed by atoms with E-state index < -0.39 is 5.91 Å². The summed E-state index contributed by atoms with van der Waals surface area (Å²) in [6.07, 6.45) is -0.144. The van der Waals surface area contributed by atoms with Crippen LogP contribution in [0.2, 0.25) is 0 Å². The molecule has 0 radical (unpaired) electrons. The molecule has 1 heterocycles. The Bertz CT molecular complexity index is 567. The third kappa shape index (κ3) is 5.30. The maximum absolute atomic E-state index is 13.6. The van der Waals surface area contributed by atoms with Gasteiger partial charge in [0.2, 0.25) is 11.8 Å². The van der Waals surface area contributed by atoms with Crippen molar-refractivity contribution in [2.24, 2.45) is 5.73 Å². The molecule has 1 saturated heterocycles. The van der Waals surface area contributed by atoms with Crippen LogP contribution in [-0.4, -0.2) is 67.6 Å². The van der Waals surface area contributed by atoms with Gasteiger partial charge in [0.05, 0.1) is 25.7 Å². The largest absolute Gasteiger partial charge is 0.373 e. The molecule has 23 heavy (non-hydrogen) atoms. The topological polar surface area (TPSA) is 75.9 Å². The van der Waals surface area contributed by atoms with Gasteiger partial charge in [0, 0.05) is 19.6 Å². The van der Waals surface area contributed by atoms with Gasteiger partial charge >= 0.3 is 0 Å². The van der Waals surface area contributed by atoms with E-state index in [2.05, 4.69) is 0 Å². The molecule has 0 aliphatic carbocycles. The first-order valence-electron chi connectivity index (χ1n) is 7.55. The van der Waals surface area contributed by atoms with Gasteiger partial charge in [-0.1, -0.05) is 18.2 Å². The number of nitrogens with zero attached hydrogens (tertiary/aromatic N) is 2. The Hall–Kier alpha value is -1.99. The van der Waals surface area contributed by atoms with Gasteiger partial charge in [0.15, 0.2) is 0 Å². The minimum absolute atomic E-state index is 0.0382. The fourth-order valence-electron chi connectivity index (χ4n) is 2.65. The molecule has 6 nitrogen and oxygen atoms in total. The number of halogens is 1. The normalized spacial score (nSPS) is 18.2. The van der Waals surface area contributed by atoms with Crippen LogP contribution in [-0.2, 0) is 20.7 Å². The van der Waals surface area contributed by atoms with E-state index >= 15 is 0 Å². The SMILES string of the molecule is CN(CC(N)=O)CC1CN(C(=O)Cc2ccccc2F)CCO1. The summed E-state index contributed by atoms with van der Waals surface area (Å²) in [5, 5.41) is 0. The van der Waals surface area contributed by atoms with Crippen molar-refractivity contribution >= 4 is 11.8 Å². The number of primary amides is 1. The van der Waals surface area contributed by atoms with E-state index in [-0.39, 0.29) is 30.8 Å². The van der Waals surface area contributed by atoms with Crippen LogP contribution in [0.3, 0.4) is 0 Å². The van der Waals surface area contributed by atoms with Crippen LogP contribution in [0.5, 0.6) is 0 Å². The molecule has 1 fully saturated rings. The Morgan fingerprint density at radius 2 is 2.17 bits per heavy atom. The number of likely N-dealkylation sites (N-methyl/N-ethyl adjacent to an activating group) is 1. The summed E-state index contributed by atoms with van der Waals surface area (Å²) in [5.74, 6) is -0.899. The quantitative estimate of drug-likeness (QED) is 0.800. The summed E-state index contributed by atoms with van der Waals surface area (Å²) in [4.78, 5) is 26.7. The van der Waals surface area contributed by atoms with Gasteiger partial charge in [0.1, 0.15) is 5.82 Å². The number of nitrogens with two attached hydrogens (primary N) is 1. The van der Waals surface area contributed by atoms with Crippen molar-refractivity contribution < 1.29 is 18.7 Å². The molecular formula is C16H22FN3O3. The van der Waals surface area contributed by atoms with Crippen molar-refractivity contribution in [1.82, 2.24) is 9.80 Å². The number of morpholine rings is 1. The number of carbonyl (C=O) groups excluding carboxylic acids is 2. The summed E-state index contributed by atoms with van der Waals surface area (Å²) in [6.45, 7) is 1.99. The molecule has 0 bridgehead atoms. The Kier molecular flexibility index (Phi) is 6.06. The van der Waals surface area contributed by atoms with Gasteiger partial charge in [-0.15, -0.1) is 0 Å². The zero-order chi connectivity index (χ0) is 16.8. The highest BCUT2D eigenvalue weighted by Gasteiger charge is 2.25. The van der Waals surface area contributed by atoms with Crippen LogP contribution in [0.25, 0.3) is 0 Å². The molecule has 7 heteroatoms. The van der Waals surface area contributed by atoms with Crippen molar-refractivity contribution in [2.45, 2.75) is 12.5 Å². The van der Waals surface area contributed by atoms with E-state index in [1.165, 1.54) is 6.07 Å². The zero-order valence-corrected chi connectivity index (χ0v) is 13.2. The third-order valence-electron chi connectivity index (χ3n) is 3.73. The monoisotopic (exact) mass is 323 g/mol. The van der Waals surface area contributed by atoms with Crippen molar-refractivity contribution in [2.75, 3.05) is 39.8 Å².